The number of imidazole rings is 1. The van der Waals surface area contributed by atoms with Gasteiger partial charge in [0, 0.05) is 96.5 Å². The number of para-hydroxylation sites is 1. The van der Waals surface area contributed by atoms with E-state index in [2.05, 4.69) is 62.5 Å². The van der Waals surface area contributed by atoms with Crippen LogP contribution in [0.4, 0.5) is 4.39 Å². The van der Waals surface area contributed by atoms with Gasteiger partial charge in [-0.15, -0.1) is 0 Å². The number of pyridine rings is 1. The highest BCUT2D eigenvalue weighted by Crippen LogP contribution is 2.32. The smallest absolute Gasteiger partial charge is 0.305 e. The minimum Gasteiger partial charge on any atom is -0.508 e. The van der Waals surface area contributed by atoms with Gasteiger partial charge in [0.05, 0.1) is 30.5 Å². The maximum Gasteiger partial charge on any atom is 0.305 e. The topological polar surface area (TPSA) is 437 Å². The number of nitrogens with one attached hydrogen (secondary N) is 10. The molecule has 0 unspecified atom stereocenters. The standard InChI is InChI=1S/C70H82FN15O13S2/c1-70-20-7-22-86(70)68(98)57(26-40-13-16-48(87)17-14-40)84-66(96)55(30-47-34-74-39-78-47)82-67(97)56(31-61(90)91)83-65(95)54(28-45-33-76-51-18-15-46(71)29-49(45)51)81-64(94)53(27-43-25-44-10-2-3-11-50(44)75-32-43)80-60(89)35-77-63(93)52(12-4-5-21-72)79-59(88)19-23-100-36-41-8-6-9-42(24-41)37-101-38-58(62(73)92)85-69(70)99/h2-3,6,8-11,13-18,24-25,29,32-34,39,52-58,76,87H,4-5,7,12,19-23,26-28,30-31,35-38,72H2,1H3,(H2,73,92)(H,74,78)(H,77,93)(H,79,88)(H,80,89)(H,81,94)(H,82,97)(H,83,95)(H,84,96)(H,85,99)(H,90,91)/t52-,53-,54-,55-,56-,57-,58-,70-/m0/s1. The number of nitrogens with zero attached hydrogens (tertiary/aromatic N) is 3. The van der Waals surface area contributed by atoms with Crippen LogP contribution in [0.2, 0.25) is 0 Å². The molecule has 2 bridgehead atoms. The Bertz CT molecular complexity index is 4150. The van der Waals surface area contributed by atoms with Crippen LogP contribution in [0.5, 0.6) is 5.75 Å². The summed E-state index contributed by atoms with van der Waals surface area (Å²) in [5, 5.41) is 42.7. The summed E-state index contributed by atoms with van der Waals surface area (Å²) >= 11 is 2.81. The molecule has 534 valence electrons. The molecule has 8 atom stereocenters. The largest absolute Gasteiger partial charge is 0.508 e. The normalized spacial score (nSPS) is 22.7. The number of aliphatic carboxylic acids is 1. The highest BCUT2D eigenvalue weighted by Gasteiger charge is 2.49. The lowest BCUT2D eigenvalue weighted by Gasteiger charge is -2.37. The molecule has 5 heterocycles. The summed E-state index contributed by atoms with van der Waals surface area (Å²) in [7, 11) is 0. The molecule has 0 radical (unpaired) electrons. The predicted molar refractivity (Wildman–Crippen MR) is 375 cm³/mol. The molecule has 28 nitrogen and oxygen atoms in total. The molecule has 0 spiro atoms. The van der Waals surface area contributed by atoms with Crippen LogP contribution in [-0.2, 0) is 89.9 Å². The number of rotatable bonds is 15. The Morgan fingerprint density at radius 1 is 0.683 bits per heavy atom. The van der Waals surface area contributed by atoms with Gasteiger partial charge in [-0.2, -0.15) is 23.5 Å². The SMILES string of the molecule is C[C@@]12CCCN1C(=O)[C@H](Cc1ccc(O)cc1)NC(=O)[C@H](Cc1c[nH]cn1)NC(=O)[C@H](CC(=O)O)NC(=O)[C@H](Cc1c[nH]c3ccc(F)cc13)NC(=O)[C@H](Cc1cnc3ccccc3c1)NC(=O)CNC(=O)[C@H](CCCCN)NC(=O)CCSCc1cccc(c1)CSC[C@@H](C(N)=O)NC2=O. The Balaban J connectivity index is 1.05. The van der Waals surface area contributed by atoms with Crippen molar-refractivity contribution >= 4 is 110 Å². The lowest BCUT2D eigenvalue weighted by molar-refractivity contribution is -0.147. The fourth-order valence-electron chi connectivity index (χ4n) is 12.1. The molecule has 2 aliphatic rings. The molecule has 1 fully saturated rings. The third kappa shape index (κ3) is 21.1. The Labute approximate surface area is 588 Å². The number of thioether (sulfide) groups is 2. The third-order valence-electron chi connectivity index (χ3n) is 17.5. The zero-order chi connectivity index (χ0) is 72.2. The molecule has 7 aromatic rings. The number of primary amides is 1. The number of halogens is 1. The van der Waals surface area contributed by atoms with E-state index in [0.717, 1.165) is 11.1 Å². The summed E-state index contributed by atoms with van der Waals surface area (Å²) in [5.74, 6) is -9.67. The van der Waals surface area contributed by atoms with Crippen molar-refractivity contribution in [1.82, 2.24) is 67.4 Å². The average Bonchev–Trinajstić information content (AvgIpc) is 1.67. The zero-order valence-electron chi connectivity index (χ0n) is 55.4. The van der Waals surface area contributed by atoms with Crippen LogP contribution in [0.15, 0.2) is 122 Å². The molecule has 1 saturated heterocycles. The first-order valence-electron chi connectivity index (χ1n) is 33.0. The minimum atomic E-state index is -2.02. The minimum absolute atomic E-state index is 0.0248. The van der Waals surface area contributed by atoms with E-state index < -0.39 is 138 Å². The summed E-state index contributed by atoms with van der Waals surface area (Å²) in [6, 6.07) is 15.3. The maximum atomic E-state index is 15.2. The fraction of sp³-hybridized carbons (Fsp3) is 0.386. The second-order valence-corrected chi connectivity index (χ2v) is 27.2. The van der Waals surface area contributed by atoms with Crippen LogP contribution in [0.1, 0.15) is 85.4 Å². The van der Waals surface area contributed by atoms with Crippen molar-refractivity contribution in [2.45, 2.75) is 137 Å². The number of carbonyl (C=O) groups excluding carboxylic acids is 10. The van der Waals surface area contributed by atoms with Crippen molar-refractivity contribution in [2.75, 3.05) is 31.1 Å². The number of carboxylic acids is 1. The van der Waals surface area contributed by atoms with Gasteiger partial charge in [-0.05, 0) is 116 Å². The van der Waals surface area contributed by atoms with Crippen molar-refractivity contribution < 1.29 is 67.3 Å². The van der Waals surface area contributed by atoms with E-state index in [1.165, 1.54) is 103 Å². The molecule has 16 N–H and O–H groups in total. The molecule has 4 aromatic carbocycles. The number of fused-ring (bicyclic) bond motifs is 5. The maximum absolute atomic E-state index is 15.2. The summed E-state index contributed by atoms with van der Waals surface area (Å²) < 4.78 is 15.0. The van der Waals surface area contributed by atoms with Gasteiger partial charge in [0.15, 0.2) is 0 Å². The van der Waals surface area contributed by atoms with Crippen LogP contribution in [0, 0.1) is 5.82 Å². The second-order valence-electron chi connectivity index (χ2n) is 25.1. The Hall–Kier alpha value is -10.4. The number of aromatic amines is 2. The number of phenols is 1. The molecule has 10 amide bonds. The van der Waals surface area contributed by atoms with Gasteiger partial charge in [0.2, 0.25) is 59.1 Å². The van der Waals surface area contributed by atoms with Crippen LogP contribution >= 0.6 is 23.5 Å². The quantitative estimate of drug-likeness (QED) is 0.0654. The molecule has 101 heavy (non-hydrogen) atoms. The number of phenolic OH excluding ortho intramolecular Hbond substituents is 1. The van der Waals surface area contributed by atoms with Gasteiger partial charge in [0.1, 0.15) is 59.4 Å². The summed E-state index contributed by atoms with van der Waals surface area (Å²) in [5.41, 5.74) is 14.3. The van der Waals surface area contributed by atoms with Gasteiger partial charge in [-0.3, -0.25) is 57.7 Å². The van der Waals surface area contributed by atoms with Crippen LogP contribution in [0.3, 0.4) is 0 Å². The van der Waals surface area contributed by atoms with Crippen molar-refractivity contribution in [2.24, 2.45) is 11.5 Å². The van der Waals surface area contributed by atoms with Crippen molar-refractivity contribution in [3.63, 3.8) is 0 Å². The number of carbonyl (C=O) groups is 11. The number of hydrogen-bond donors (Lipinski definition) is 14. The molecular weight excluding hydrogens is 1340 g/mol. The average molecular weight is 1420 g/mol. The van der Waals surface area contributed by atoms with Crippen molar-refractivity contribution in [3.05, 3.63) is 161 Å². The van der Waals surface area contributed by atoms with Gasteiger partial charge in [-0.25, -0.2) is 9.37 Å². The Kier molecular flexibility index (Phi) is 26.4. The number of benzene rings is 4. The molecule has 0 aliphatic carbocycles. The van der Waals surface area contributed by atoms with Gasteiger partial charge in [0.25, 0.3) is 0 Å². The first kappa shape index (κ1) is 74.8. The summed E-state index contributed by atoms with van der Waals surface area (Å²) in [6.45, 7) is 1.17. The van der Waals surface area contributed by atoms with Crippen molar-refractivity contribution in [1.29, 1.82) is 0 Å². The number of aromatic hydroxyl groups is 1. The molecule has 3 aromatic heterocycles. The molecule has 31 heteroatoms. The second kappa shape index (κ2) is 35.6. The number of H-pyrrole nitrogens is 2. The zero-order valence-corrected chi connectivity index (χ0v) is 57.0. The monoisotopic (exact) mass is 1420 g/mol. The van der Waals surface area contributed by atoms with E-state index >= 15 is 19.2 Å². The van der Waals surface area contributed by atoms with E-state index in [-0.39, 0.29) is 73.2 Å². The third-order valence-corrected chi connectivity index (χ3v) is 19.6. The first-order valence-corrected chi connectivity index (χ1v) is 35.3. The van der Waals surface area contributed by atoms with Crippen molar-refractivity contribution in [3.8, 4) is 5.75 Å². The number of unbranched alkanes of at least 4 members (excludes halogenated alkanes) is 1. The van der Waals surface area contributed by atoms with E-state index in [1.54, 1.807) is 30.3 Å². The molecule has 0 saturated carbocycles. The Morgan fingerprint density at radius 3 is 2.07 bits per heavy atom. The molecule has 9 rings (SSSR count). The van der Waals surface area contributed by atoms with Gasteiger partial charge < -0.3 is 79.1 Å². The van der Waals surface area contributed by atoms with Gasteiger partial charge >= 0.3 is 5.97 Å². The highest BCUT2D eigenvalue weighted by molar-refractivity contribution is 7.98. The van der Waals surface area contributed by atoms with E-state index in [1.807, 2.05) is 24.3 Å². The highest BCUT2D eigenvalue weighted by atomic mass is 32.2. The Morgan fingerprint density at radius 2 is 1.36 bits per heavy atom. The van der Waals surface area contributed by atoms with E-state index in [0.29, 0.717) is 70.6 Å². The number of hydrogen-bond acceptors (Lipinski definition) is 17. The van der Waals surface area contributed by atoms with Crippen LogP contribution in [-0.4, -0.2) is 179 Å². The molecule has 2 aliphatic heterocycles. The lowest BCUT2D eigenvalue weighted by atomic mass is 9.95. The number of aromatic nitrogens is 4. The van der Waals surface area contributed by atoms with Crippen LogP contribution < -0.4 is 54.0 Å². The fourth-order valence-corrected chi connectivity index (χ4v) is 14.0. The molecular formula is C70H82FN15O13S2. The van der Waals surface area contributed by atoms with E-state index in [9.17, 15) is 48.2 Å². The number of nitrogens with two attached hydrogens (primary N) is 2. The van der Waals surface area contributed by atoms with Crippen LogP contribution in [0.25, 0.3) is 21.8 Å². The predicted octanol–water partition coefficient (Wildman–Crippen LogP) is 2.10. The number of amides is 10. The summed E-state index contributed by atoms with van der Waals surface area (Å²) in [4.78, 5) is 173. The van der Waals surface area contributed by atoms with Gasteiger partial charge in [-0.1, -0.05) is 54.6 Å². The first-order chi connectivity index (χ1) is 48.5. The van der Waals surface area contributed by atoms with E-state index in [4.69, 9.17) is 11.5 Å². The lowest BCUT2D eigenvalue weighted by Crippen LogP contribution is -2.63. The number of carboxylic acid groups (broad SMARTS) is 1. The summed E-state index contributed by atoms with van der Waals surface area (Å²) in [6.07, 6.45) is 4.86.